The van der Waals surface area contributed by atoms with Crippen LogP contribution in [0.5, 0.6) is 0 Å². The highest BCUT2D eigenvalue weighted by Crippen LogP contribution is 2.52. The molecule has 0 spiro atoms. The predicted octanol–water partition coefficient (Wildman–Crippen LogP) is 2.91. The zero-order valence-electron chi connectivity index (χ0n) is 6.24. The third kappa shape index (κ3) is 1.54. The van der Waals surface area contributed by atoms with Crippen LogP contribution < -0.4 is 0 Å². The van der Waals surface area contributed by atoms with Gasteiger partial charge in [0.25, 0.3) is 0 Å². The average molecular weight is 128 g/mol. The highest BCUT2D eigenvalue weighted by atomic mass is 19.1. The van der Waals surface area contributed by atoms with Gasteiger partial charge in [-0.2, -0.15) is 0 Å². The fraction of sp³-hybridized carbons (Fsp3) is 0.750. The molecule has 1 atom stereocenters. The van der Waals surface area contributed by atoms with Gasteiger partial charge in [-0.1, -0.05) is 13.8 Å². The molecule has 1 fully saturated rings. The molecule has 0 unspecified atom stereocenters. The molecule has 0 aromatic rings. The molecule has 1 rings (SSSR count). The van der Waals surface area contributed by atoms with Crippen LogP contribution in [0.1, 0.15) is 27.2 Å². The van der Waals surface area contributed by atoms with Crippen molar-refractivity contribution < 1.29 is 4.39 Å². The average Bonchev–Trinajstić information content (AvgIpc) is 2.10. The third-order valence-corrected chi connectivity index (χ3v) is 2.02. The number of allylic oxidation sites excluding steroid dienone is 2. The summed E-state index contributed by atoms with van der Waals surface area (Å²) < 4.78 is 12.2. The summed E-state index contributed by atoms with van der Waals surface area (Å²) in [6.07, 6.45) is 2.87. The second-order valence-electron chi connectivity index (χ2n) is 3.55. The van der Waals surface area contributed by atoms with Crippen LogP contribution in [-0.2, 0) is 0 Å². The summed E-state index contributed by atoms with van der Waals surface area (Å²) in [5.74, 6) is 0.466. The molecule has 0 aromatic carbocycles. The van der Waals surface area contributed by atoms with Crippen LogP contribution in [0.25, 0.3) is 0 Å². The Morgan fingerprint density at radius 3 is 2.22 bits per heavy atom. The standard InChI is InChI=1S/C8H13F/c1-6(9)4-7-5-8(7,2)3/h4,7H,5H2,1-3H3/b6-4+/t7-/m0/s1. The van der Waals surface area contributed by atoms with Crippen molar-refractivity contribution >= 4 is 0 Å². The maximum atomic E-state index is 12.2. The first-order chi connectivity index (χ1) is 4.02. The van der Waals surface area contributed by atoms with Crippen LogP contribution in [0.3, 0.4) is 0 Å². The summed E-state index contributed by atoms with van der Waals surface area (Å²) in [7, 11) is 0. The molecule has 9 heavy (non-hydrogen) atoms. The number of halogens is 1. The molecule has 0 nitrogen and oxygen atoms in total. The molecule has 0 aromatic heterocycles. The van der Waals surface area contributed by atoms with Gasteiger partial charge in [-0.15, -0.1) is 0 Å². The van der Waals surface area contributed by atoms with E-state index in [4.69, 9.17) is 0 Å². The first-order valence-electron chi connectivity index (χ1n) is 3.36. The maximum Gasteiger partial charge on any atom is 0.0931 e. The van der Waals surface area contributed by atoms with E-state index in [1.807, 2.05) is 0 Å². The molecular weight excluding hydrogens is 115 g/mol. The van der Waals surface area contributed by atoms with Gasteiger partial charge in [0.2, 0.25) is 0 Å². The quantitative estimate of drug-likeness (QED) is 0.509. The normalized spacial score (nSPS) is 32.4. The summed E-state index contributed by atoms with van der Waals surface area (Å²) in [5.41, 5.74) is 0.382. The van der Waals surface area contributed by atoms with Crippen molar-refractivity contribution in [2.75, 3.05) is 0 Å². The fourth-order valence-electron chi connectivity index (χ4n) is 1.07. The zero-order chi connectivity index (χ0) is 7.07. The van der Waals surface area contributed by atoms with Crippen molar-refractivity contribution in [1.29, 1.82) is 0 Å². The summed E-state index contributed by atoms with van der Waals surface area (Å²) in [6.45, 7) is 5.84. The van der Waals surface area contributed by atoms with Crippen molar-refractivity contribution in [3.8, 4) is 0 Å². The van der Waals surface area contributed by atoms with E-state index in [1.54, 1.807) is 6.08 Å². The Hall–Kier alpha value is -0.330. The number of rotatable bonds is 1. The van der Waals surface area contributed by atoms with Gasteiger partial charge in [0.05, 0.1) is 5.83 Å². The van der Waals surface area contributed by atoms with Crippen LogP contribution in [0.15, 0.2) is 11.9 Å². The van der Waals surface area contributed by atoms with E-state index in [-0.39, 0.29) is 5.83 Å². The Bertz CT molecular complexity index is 141. The zero-order valence-corrected chi connectivity index (χ0v) is 6.24. The summed E-state index contributed by atoms with van der Waals surface area (Å²) >= 11 is 0. The molecule has 0 aliphatic heterocycles. The van der Waals surface area contributed by atoms with Gasteiger partial charge in [-0.3, -0.25) is 0 Å². The van der Waals surface area contributed by atoms with Crippen LogP contribution in [0, 0.1) is 11.3 Å². The van der Waals surface area contributed by atoms with E-state index in [2.05, 4.69) is 13.8 Å². The predicted molar refractivity (Wildman–Crippen MR) is 36.8 cm³/mol. The lowest BCUT2D eigenvalue weighted by Gasteiger charge is -1.95. The first kappa shape index (κ1) is 6.79. The van der Waals surface area contributed by atoms with E-state index in [0.29, 0.717) is 11.3 Å². The first-order valence-corrected chi connectivity index (χ1v) is 3.36. The molecule has 52 valence electrons. The van der Waals surface area contributed by atoms with E-state index < -0.39 is 0 Å². The van der Waals surface area contributed by atoms with Crippen molar-refractivity contribution in [2.24, 2.45) is 11.3 Å². The lowest BCUT2D eigenvalue weighted by atomic mass is 10.1. The van der Waals surface area contributed by atoms with Gasteiger partial charge >= 0.3 is 0 Å². The topological polar surface area (TPSA) is 0 Å². The smallest absolute Gasteiger partial charge is 0.0931 e. The van der Waals surface area contributed by atoms with Gasteiger partial charge in [0.15, 0.2) is 0 Å². The monoisotopic (exact) mass is 128 g/mol. The van der Waals surface area contributed by atoms with E-state index in [0.717, 1.165) is 6.42 Å². The Morgan fingerprint density at radius 1 is 1.67 bits per heavy atom. The molecule has 0 radical (unpaired) electrons. The molecule has 1 aliphatic rings. The van der Waals surface area contributed by atoms with Crippen LogP contribution in [0.4, 0.5) is 4.39 Å². The van der Waals surface area contributed by atoms with Crippen molar-refractivity contribution in [3.05, 3.63) is 11.9 Å². The van der Waals surface area contributed by atoms with E-state index in [9.17, 15) is 4.39 Å². The largest absolute Gasteiger partial charge is 0.212 e. The molecule has 1 aliphatic carbocycles. The summed E-state index contributed by atoms with van der Waals surface area (Å²) in [6, 6.07) is 0. The molecule has 0 N–H and O–H groups in total. The molecule has 0 saturated heterocycles. The molecule has 0 amide bonds. The number of hydrogen-bond acceptors (Lipinski definition) is 0. The lowest BCUT2D eigenvalue weighted by molar-refractivity contribution is 0.585. The molecule has 0 bridgehead atoms. The van der Waals surface area contributed by atoms with Gasteiger partial charge in [0, 0.05) is 0 Å². The van der Waals surface area contributed by atoms with E-state index >= 15 is 0 Å². The Morgan fingerprint density at radius 2 is 2.11 bits per heavy atom. The van der Waals surface area contributed by atoms with E-state index in [1.165, 1.54) is 6.92 Å². The van der Waals surface area contributed by atoms with Crippen molar-refractivity contribution in [1.82, 2.24) is 0 Å². The molecule has 0 heterocycles. The fourth-order valence-corrected chi connectivity index (χ4v) is 1.07. The van der Waals surface area contributed by atoms with Crippen LogP contribution in [0.2, 0.25) is 0 Å². The van der Waals surface area contributed by atoms with Crippen LogP contribution in [-0.4, -0.2) is 0 Å². The SMILES string of the molecule is C/C(F)=C\[C@H]1CC1(C)C. The Kier molecular flexibility index (Phi) is 1.38. The number of hydrogen-bond donors (Lipinski definition) is 0. The third-order valence-electron chi connectivity index (χ3n) is 2.02. The highest BCUT2D eigenvalue weighted by Gasteiger charge is 2.43. The second-order valence-corrected chi connectivity index (χ2v) is 3.55. The molecule has 1 heteroatoms. The van der Waals surface area contributed by atoms with Crippen molar-refractivity contribution in [2.45, 2.75) is 27.2 Å². The molecule has 1 saturated carbocycles. The van der Waals surface area contributed by atoms with Crippen LogP contribution >= 0.6 is 0 Å². The maximum absolute atomic E-state index is 12.2. The van der Waals surface area contributed by atoms with Gasteiger partial charge in [0.1, 0.15) is 0 Å². The minimum Gasteiger partial charge on any atom is -0.212 e. The van der Waals surface area contributed by atoms with Gasteiger partial charge in [-0.05, 0) is 30.8 Å². The summed E-state index contributed by atoms with van der Waals surface area (Å²) in [5, 5.41) is 0. The summed E-state index contributed by atoms with van der Waals surface area (Å²) in [4.78, 5) is 0. The van der Waals surface area contributed by atoms with Gasteiger partial charge in [-0.25, -0.2) is 4.39 Å². The van der Waals surface area contributed by atoms with Gasteiger partial charge < -0.3 is 0 Å². The molecular formula is C8H13F. The Labute approximate surface area is 55.8 Å². The van der Waals surface area contributed by atoms with Crippen molar-refractivity contribution in [3.63, 3.8) is 0 Å². The minimum atomic E-state index is -0.0365. The minimum absolute atomic E-state index is 0.0365. The highest BCUT2D eigenvalue weighted by molar-refractivity contribution is 5.09. The Balaban J connectivity index is 2.45. The lowest BCUT2D eigenvalue weighted by Crippen LogP contribution is -1.85. The second kappa shape index (κ2) is 1.83.